The van der Waals surface area contributed by atoms with Gasteiger partial charge in [0.15, 0.2) is 12.6 Å². The van der Waals surface area contributed by atoms with Crippen molar-refractivity contribution in [2.75, 3.05) is 33.0 Å². The van der Waals surface area contributed by atoms with Gasteiger partial charge >= 0.3 is 5.97 Å². The first-order valence-electron chi connectivity index (χ1n) is 33.5. The summed E-state index contributed by atoms with van der Waals surface area (Å²) < 4.78 is 34.5. The van der Waals surface area contributed by atoms with E-state index in [0.717, 1.165) is 77.0 Å². The molecule has 7 N–H and O–H groups in total. The summed E-state index contributed by atoms with van der Waals surface area (Å²) in [5.41, 5.74) is 0. The molecule has 0 bridgehead atoms. The fourth-order valence-corrected chi connectivity index (χ4v) is 10.4. The maximum Gasteiger partial charge on any atom is 0.306 e. The summed E-state index contributed by atoms with van der Waals surface area (Å²) in [6.45, 7) is 3.59. The van der Waals surface area contributed by atoms with E-state index in [9.17, 15) is 40.5 Å². The number of carbonyl (C=O) groups excluding carboxylic acids is 1. The summed E-state index contributed by atoms with van der Waals surface area (Å²) in [6.07, 6.45) is 55.4. The van der Waals surface area contributed by atoms with Crippen molar-refractivity contribution in [3.63, 3.8) is 0 Å². The lowest BCUT2D eigenvalue weighted by molar-refractivity contribution is -0.332. The van der Waals surface area contributed by atoms with Crippen LogP contribution in [0.25, 0.3) is 0 Å². The van der Waals surface area contributed by atoms with Crippen LogP contribution in [0, 0.1) is 0 Å². The van der Waals surface area contributed by atoms with Gasteiger partial charge in [-0.2, -0.15) is 0 Å². The SMILES string of the molecule is CC/C=C\C/C=C\C/C=C\C/C=C\C/C=C\CCCCCCCCCCOCC(COC1OC(COC2OC(CO)C(O)C(O)C2O)C(O)C(O)C1O)OC(=O)CCCCCCCCCCCCCCC/C=C\CCCCCCCCCC. The molecule has 0 aromatic rings. The number of ether oxygens (including phenoxy) is 6. The van der Waals surface area contributed by atoms with Gasteiger partial charge in [0, 0.05) is 13.0 Å². The summed E-state index contributed by atoms with van der Waals surface area (Å²) in [4.78, 5) is 13.1. The number of allylic oxidation sites excluding steroid dienone is 12. The normalized spacial score (nSPS) is 23.9. The quantitative estimate of drug-likeness (QED) is 0.0171. The Hall–Kier alpha value is -2.57. The Balaban J connectivity index is 1.66. The third-order valence-electron chi connectivity index (χ3n) is 15.7. The van der Waals surface area contributed by atoms with Crippen molar-refractivity contribution in [1.82, 2.24) is 0 Å². The van der Waals surface area contributed by atoms with Crippen LogP contribution in [0.3, 0.4) is 0 Å². The van der Waals surface area contributed by atoms with Gasteiger partial charge in [-0.25, -0.2) is 0 Å². The third kappa shape index (κ3) is 40.5. The van der Waals surface area contributed by atoms with Crippen LogP contribution >= 0.6 is 0 Å². The molecule has 0 spiro atoms. The van der Waals surface area contributed by atoms with Crippen molar-refractivity contribution in [2.45, 2.75) is 325 Å². The van der Waals surface area contributed by atoms with Crippen molar-refractivity contribution < 1.29 is 69.0 Å². The molecule has 2 aliphatic heterocycles. The lowest BCUT2D eigenvalue weighted by Crippen LogP contribution is -2.61. The second-order valence-electron chi connectivity index (χ2n) is 23.3. The van der Waals surface area contributed by atoms with Crippen molar-refractivity contribution in [1.29, 1.82) is 0 Å². The molecule has 11 unspecified atom stereocenters. The zero-order chi connectivity index (χ0) is 60.1. The topological polar surface area (TPSA) is 214 Å². The molecule has 0 saturated carbocycles. The van der Waals surface area contributed by atoms with Crippen LogP contribution in [0.15, 0.2) is 72.9 Å². The maximum atomic E-state index is 13.1. The molecule has 14 heteroatoms. The fourth-order valence-electron chi connectivity index (χ4n) is 10.4. The van der Waals surface area contributed by atoms with E-state index in [1.807, 2.05) is 0 Å². The van der Waals surface area contributed by atoms with Crippen LogP contribution in [-0.2, 0) is 33.2 Å². The molecule has 2 fully saturated rings. The second-order valence-corrected chi connectivity index (χ2v) is 23.3. The molecule has 2 aliphatic rings. The molecule has 14 nitrogen and oxygen atoms in total. The molecule has 83 heavy (non-hydrogen) atoms. The summed E-state index contributed by atoms with van der Waals surface area (Å²) in [6, 6.07) is 0. The van der Waals surface area contributed by atoms with Crippen LogP contribution in [-0.4, -0.2) is 142 Å². The van der Waals surface area contributed by atoms with Gasteiger partial charge in [0.05, 0.1) is 26.4 Å². The Morgan fingerprint density at radius 2 is 0.783 bits per heavy atom. The molecule has 0 aliphatic carbocycles. The number of aliphatic hydroxyl groups is 7. The first-order valence-corrected chi connectivity index (χ1v) is 33.5. The largest absolute Gasteiger partial charge is 0.457 e. The number of hydrogen-bond acceptors (Lipinski definition) is 14. The van der Waals surface area contributed by atoms with Gasteiger partial charge in [-0.1, -0.05) is 241 Å². The van der Waals surface area contributed by atoms with E-state index >= 15 is 0 Å². The number of carbonyl (C=O) groups is 1. The predicted octanol–water partition coefficient (Wildman–Crippen LogP) is 13.8. The smallest absolute Gasteiger partial charge is 0.306 e. The average molecular weight is 1180 g/mol. The first-order chi connectivity index (χ1) is 40.6. The first kappa shape index (κ1) is 76.5. The van der Waals surface area contributed by atoms with Crippen molar-refractivity contribution in [3.05, 3.63) is 72.9 Å². The summed E-state index contributed by atoms with van der Waals surface area (Å²) in [7, 11) is 0. The van der Waals surface area contributed by atoms with Crippen LogP contribution < -0.4 is 0 Å². The molecule has 0 aromatic heterocycles. The fraction of sp³-hybridized carbons (Fsp3) is 0.812. The molecule has 11 atom stereocenters. The van der Waals surface area contributed by atoms with Crippen LogP contribution in [0.4, 0.5) is 0 Å². The molecular weight excluding hydrogens is 1050 g/mol. The van der Waals surface area contributed by atoms with E-state index in [2.05, 4.69) is 86.8 Å². The zero-order valence-electron chi connectivity index (χ0n) is 52.2. The molecular formula is C69H122O14. The minimum Gasteiger partial charge on any atom is -0.457 e. The monoisotopic (exact) mass is 1170 g/mol. The third-order valence-corrected chi connectivity index (χ3v) is 15.7. The number of rotatable bonds is 55. The van der Waals surface area contributed by atoms with Gasteiger partial charge < -0.3 is 64.2 Å². The van der Waals surface area contributed by atoms with Crippen LogP contribution in [0.5, 0.6) is 0 Å². The number of hydrogen-bond donors (Lipinski definition) is 7. The summed E-state index contributed by atoms with van der Waals surface area (Å²) >= 11 is 0. The summed E-state index contributed by atoms with van der Waals surface area (Å²) in [5, 5.41) is 72.6. The van der Waals surface area contributed by atoms with Crippen molar-refractivity contribution >= 4 is 5.97 Å². The van der Waals surface area contributed by atoms with E-state index in [4.69, 9.17) is 28.4 Å². The number of esters is 1. The van der Waals surface area contributed by atoms with Crippen LogP contribution in [0.1, 0.15) is 258 Å². The second kappa shape index (κ2) is 54.8. The Morgan fingerprint density at radius 3 is 1.24 bits per heavy atom. The Morgan fingerprint density at radius 1 is 0.410 bits per heavy atom. The van der Waals surface area contributed by atoms with E-state index in [1.54, 1.807) is 0 Å². The zero-order valence-corrected chi connectivity index (χ0v) is 52.2. The average Bonchev–Trinajstić information content (AvgIpc) is 3.67. The number of aliphatic hydroxyl groups excluding tert-OH is 7. The Labute approximate surface area is 504 Å². The molecule has 2 rings (SSSR count). The van der Waals surface area contributed by atoms with E-state index < -0.39 is 80.7 Å². The van der Waals surface area contributed by atoms with E-state index in [0.29, 0.717) is 13.0 Å². The highest BCUT2D eigenvalue weighted by Crippen LogP contribution is 2.27. The highest BCUT2D eigenvalue weighted by atomic mass is 16.7. The highest BCUT2D eigenvalue weighted by molar-refractivity contribution is 5.69. The van der Waals surface area contributed by atoms with Gasteiger partial charge in [-0.05, 0) is 83.5 Å². The maximum absolute atomic E-state index is 13.1. The highest BCUT2D eigenvalue weighted by Gasteiger charge is 2.47. The predicted molar refractivity (Wildman–Crippen MR) is 335 cm³/mol. The van der Waals surface area contributed by atoms with Gasteiger partial charge in [0.25, 0.3) is 0 Å². The Bertz CT molecular complexity index is 1650. The summed E-state index contributed by atoms with van der Waals surface area (Å²) in [5.74, 6) is -0.378. The molecule has 482 valence electrons. The van der Waals surface area contributed by atoms with Gasteiger partial charge in [0.2, 0.25) is 0 Å². The molecule has 0 radical (unpaired) electrons. The van der Waals surface area contributed by atoms with E-state index in [1.165, 1.54) is 154 Å². The lowest BCUT2D eigenvalue weighted by Gasteiger charge is -2.42. The minimum atomic E-state index is -1.71. The lowest BCUT2D eigenvalue weighted by atomic mass is 9.98. The van der Waals surface area contributed by atoms with Gasteiger partial charge in [0.1, 0.15) is 54.9 Å². The van der Waals surface area contributed by atoms with Crippen LogP contribution in [0.2, 0.25) is 0 Å². The standard InChI is InChI=1S/C69H122O14/c1-3-5-7-9-11-13-15-17-19-21-23-25-27-29-30-32-34-36-38-40-42-44-46-48-50-52-61(71)81-58(56-79-68-67(77)65(75)63(73)60(83-68)57-80-69-66(76)64(74)62(72)59(54-70)82-69)55-78-53-51-49-47-45-43-41-39-37-35-33-31-28-26-24-22-20-18-16-14-12-10-8-6-4-2/h6,8,12,14,18,20-21,23-24,26,31,33,58-60,62-70,72-77H,3-5,7,9-11,13,15-17,19,22,25,27-30,32,34-57H2,1-2H3/b8-6-,14-12-,20-18-,23-21-,26-24-,33-31-. The minimum absolute atomic E-state index is 0.0539. The Kier molecular flexibility index (Phi) is 50.5. The molecule has 2 heterocycles. The molecule has 2 saturated heterocycles. The molecule has 0 amide bonds. The van der Waals surface area contributed by atoms with Gasteiger partial charge in [-0.3, -0.25) is 4.79 Å². The van der Waals surface area contributed by atoms with Crippen molar-refractivity contribution in [2.24, 2.45) is 0 Å². The van der Waals surface area contributed by atoms with E-state index in [-0.39, 0.29) is 25.6 Å². The van der Waals surface area contributed by atoms with Crippen molar-refractivity contribution in [3.8, 4) is 0 Å². The molecule has 0 aromatic carbocycles. The van der Waals surface area contributed by atoms with Gasteiger partial charge in [-0.15, -0.1) is 0 Å². The number of unbranched alkanes of at least 4 members (excludes halogenated alkanes) is 29.